The predicted octanol–water partition coefficient (Wildman–Crippen LogP) is 2.77. The molecule has 2 aromatic carbocycles. The molecule has 1 unspecified atom stereocenters. The van der Waals surface area contributed by atoms with Gasteiger partial charge in [-0.2, -0.15) is 0 Å². The van der Waals surface area contributed by atoms with Gasteiger partial charge < -0.3 is 14.6 Å². The average Bonchev–Trinajstić information content (AvgIpc) is 2.71. The Hall–Kier alpha value is -2.09. The van der Waals surface area contributed by atoms with Crippen molar-refractivity contribution in [3.05, 3.63) is 53.1 Å². The van der Waals surface area contributed by atoms with Crippen LogP contribution in [0.1, 0.15) is 36.5 Å². The number of benzene rings is 2. The van der Waals surface area contributed by atoms with Crippen molar-refractivity contribution in [2.24, 2.45) is 0 Å². The van der Waals surface area contributed by atoms with Crippen LogP contribution in [-0.4, -0.2) is 34.3 Å². The van der Waals surface area contributed by atoms with E-state index in [1.165, 1.54) is 7.11 Å². The fraction of sp³-hybridized carbons (Fsp3) is 0.429. The molecule has 0 saturated carbocycles. The fourth-order valence-electron chi connectivity index (χ4n) is 3.69. The van der Waals surface area contributed by atoms with E-state index >= 15 is 0 Å². The van der Waals surface area contributed by atoms with E-state index < -0.39 is 15.6 Å². The summed E-state index contributed by atoms with van der Waals surface area (Å²) in [6.45, 7) is 1.86. The summed E-state index contributed by atoms with van der Waals surface area (Å²) in [4.78, 5) is 0.0868. The Balaban J connectivity index is 1.88. The van der Waals surface area contributed by atoms with Gasteiger partial charge in [-0.05, 0) is 66.6 Å². The number of aryl methyl sites for hydroxylation is 2. The highest BCUT2D eigenvalue weighted by atomic mass is 32.2. The second kappa shape index (κ2) is 8.11. The van der Waals surface area contributed by atoms with Crippen molar-refractivity contribution in [3.8, 4) is 11.5 Å². The lowest BCUT2D eigenvalue weighted by molar-refractivity contribution is 0.0242. The largest absolute Gasteiger partial charge is 0.497 e. The molecule has 0 aliphatic heterocycles. The summed E-state index contributed by atoms with van der Waals surface area (Å²) in [6, 6.07) is 10.6. The number of ether oxygens (including phenoxy) is 2. The molecule has 2 N–H and O–H groups in total. The van der Waals surface area contributed by atoms with Gasteiger partial charge in [0, 0.05) is 6.54 Å². The summed E-state index contributed by atoms with van der Waals surface area (Å²) >= 11 is 0. The Labute approximate surface area is 166 Å². The molecule has 0 bridgehead atoms. The van der Waals surface area contributed by atoms with Crippen LogP contribution in [0, 0.1) is 0 Å². The molecule has 0 fully saturated rings. The van der Waals surface area contributed by atoms with Crippen LogP contribution in [0.5, 0.6) is 11.5 Å². The predicted molar refractivity (Wildman–Crippen MR) is 107 cm³/mol. The van der Waals surface area contributed by atoms with Crippen LogP contribution in [0.4, 0.5) is 0 Å². The minimum atomic E-state index is -3.85. The number of hydrogen-bond acceptors (Lipinski definition) is 5. The summed E-state index contributed by atoms with van der Waals surface area (Å²) < 4.78 is 39.0. The van der Waals surface area contributed by atoms with E-state index in [0.717, 1.165) is 35.3 Å². The number of sulfonamides is 1. The Bertz CT molecular complexity index is 957. The molecule has 0 saturated heterocycles. The zero-order chi connectivity index (χ0) is 20.4. The van der Waals surface area contributed by atoms with Crippen molar-refractivity contribution in [1.29, 1.82) is 0 Å². The molecule has 1 aliphatic carbocycles. The maximum atomic E-state index is 13.0. The Morgan fingerprint density at radius 3 is 2.61 bits per heavy atom. The zero-order valence-corrected chi connectivity index (χ0v) is 17.3. The third-order valence-corrected chi connectivity index (χ3v) is 6.75. The van der Waals surface area contributed by atoms with Gasteiger partial charge >= 0.3 is 0 Å². The molecule has 1 aliphatic rings. The van der Waals surface area contributed by atoms with Crippen molar-refractivity contribution < 1.29 is 23.0 Å². The third kappa shape index (κ3) is 4.01. The van der Waals surface area contributed by atoms with E-state index in [0.29, 0.717) is 12.8 Å². The smallest absolute Gasteiger partial charge is 0.244 e. The van der Waals surface area contributed by atoms with Gasteiger partial charge in [-0.3, -0.25) is 0 Å². The van der Waals surface area contributed by atoms with Gasteiger partial charge in [0.2, 0.25) is 10.0 Å². The molecule has 7 heteroatoms. The average molecular weight is 406 g/mol. The molecule has 0 radical (unpaired) electrons. The monoisotopic (exact) mass is 405 g/mol. The summed E-state index contributed by atoms with van der Waals surface area (Å²) in [7, 11) is -0.806. The second-order valence-corrected chi connectivity index (χ2v) is 8.81. The molecular weight excluding hydrogens is 378 g/mol. The highest BCUT2D eigenvalue weighted by Crippen LogP contribution is 2.37. The molecule has 0 aromatic heterocycles. The summed E-state index contributed by atoms with van der Waals surface area (Å²) in [5.74, 6) is 1.01. The van der Waals surface area contributed by atoms with E-state index in [9.17, 15) is 13.5 Å². The molecule has 1 atom stereocenters. The van der Waals surface area contributed by atoms with E-state index in [-0.39, 0.29) is 17.2 Å². The Morgan fingerprint density at radius 1 is 1.14 bits per heavy atom. The molecular formula is C21H27NO5S. The number of rotatable bonds is 7. The lowest BCUT2D eigenvalue weighted by Crippen LogP contribution is -2.43. The third-order valence-electron chi connectivity index (χ3n) is 5.33. The number of nitrogens with one attached hydrogen (secondary N) is 1. The van der Waals surface area contributed by atoms with Gasteiger partial charge in [0.25, 0.3) is 0 Å². The van der Waals surface area contributed by atoms with Gasteiger partial charge in [-0.1, -0.05) is 19.1 Å². The van der Waals surface area contributed by atoms with Crippen molar-refractivity contribution in [2.75, 3.05) is 20.8 Å². The van der Waals surface area contributed by atoms with Gasteiger partial charge in [0.05, 0.1) is 14.2 Å². The van der Waals surface area contributed by atoms with E-state index in [4.69, 9.17) is 9.47 Å². The van der Waals surface area contributed by atoms with Crippen LogP contribution in [0.3, 0.4) is 0 Å². The lowest BCUT2D eigenvalue weighted by Gasteiger charge is -2.35. The highest BCUT2D eigenvalue weighted by Gasteiger charge is 2.36. The zero-order valence-electron chi connectivity index (χ0n) is 16.5. The minimum Gasteiger partial charge on any atom is -0.497 e. The van der Waals surface area contributed by atoms with Crippen molar-refractivity contribution in [3.63, 3.8) is 0 Å². The standard InChI is InChI=1S/C21H27NO5S/c1-4-15-7-10-19(27-3)20(12-15)28(24,25)22-14-21(23)11-5-6-16-13-17(26-2)8-9-18(16)21/h7-10,12-13,22-23H,4-6,11,14H2,1-3H3. The van der Waals surface area contributed by atoms with Crippen LogP contribution < -0.4 is 14.2 Å². The van der Waals surface area contributed by atoms with Crippen molar-refractivity contribution in [2.45, 2.75) is 43.1 Å². The summed E-state index contributed by atoms with van der Waals surface area (Å²) in [5, 5.41) is 11.2. The maximum absolute atomic E-state index is 13.0. The first-order valence-corrected chi connectivity index (χ1v) is 10.9. The highest BCUT2D eigenvalue weighted by molar-refractivity contribution is 7.89. The molecule has 0 amide bonds. The maximum Gasteiger partial charge on any atom is 0.244 e. The SMILES string of the molecule is CCc1ccc(OC)c(S(=O)(=O)NCC2(O)CCCc3cc(OC)ccc32)c1. The lowest BCUT2D eigenvalue weighted by atomic mass is 9.79. The van der Waals surface area contributed by atoms with Crippen molar-refractivity contribution >= 4 is 10.0 Å². The van der Waals surface area contributed by atoms with Gasteiger partial charge in [0.1, 0.15) is 22.0 Å². The first kappa shape index (κ1) is 20.6. The van der Waals surface area contributed by atoms with E-state index in [1.54, 1.807) is 25.3 Å². The van der Waals surface area contributed by atoms with Crippen LogP contribution in [0.2, 0.25) is 0 Å². The Kier molecular flexibility index (Phi) is 5.98. The topological polar surface area (TPSA) is 84.9 Å². The van der Waals surface area contributed by atoms with Crippen LogP contribution in [0.15, 0.2) is 41.3 Å². The van der Waals surface area contributed by atoms with Gasteiger partial charge in [-0.15, -0.1) is 0 Å². The van der Waals surface area contributed by atoms with Crippen LogP contribution in [-0.2, 0) is 28.5 Å². The molecule has 2 aromatic rings. The van der Waals surface area contributed by atoms with Gasteiger partial charge in [0.15, 0.2) is 0 Å². The molecule has 0 spiro atoms. The quantitative estimate of drug-likeness (QED) is 0.740. The summed E-state index contributed by atoms with van der Waals surface area (Å²) in [5.41, 5.74) is 1.37. The molecule has 152 valence electrons. The number of fused-ring (bicyclic) bond motifs is 1. The van der Waals surface area contributed by atoms with E-state index in [1.807, 2.05) is 25.1 Å². The Morgan fingerprint density at radius 2 is 1.93 bits per heavy atom. The van der Waals surface area contributed by atoms with E-state index in [2.05, 4.69) is 4.72 Å². The normalized spacial score (nSPS) is 19.1. The second-order valence-electron chi connectivity index (χ2n) is 7.07. The minimum absolute atomic E-state index is 0.0868. The molecule has 3 rings (SSSR count). The van der Waals surface area contributed by atoms with Crippen LogP contribution >= 0.6 is 0 Å². The van der Waals surface area contributed by atoms with Crippen LogP contribution in [0.25, 0.3) is 0 Å². The number of hydrogen-bond donors (Lipinski definition) is 2. The number of methoxy groups -OCH3 is 2. The number of aliphatic hydroxyl groups is 1. The van der Waals surface area contributed by atoms with Gasteiger partial charge in [-0.25, -0.2) is 13.1 Å². The summed E-state index contributed by atoms with van der Waals surface area (Å²) in [6.07, 6.45) is 2.80. The first-order valence-electron chi connectivity index (χ1n) is 9.39. The van der Waals surface area contributed by atoms with Crippen molar-refractivity contribution in [1.82, 2.24) is 4.72 Å². The first-order chi connectivity index (χ1) is 13.3. The molecule has 0 heterocycles. The molecule has 6 nitrogen and oxygen atoms in total. The fourth-order valence-corrected chi connectivity index (χ4v) is 5.00. The molecule has 28 heavy (non-hydrogen) atoms.